The Hall–Kier alpha value is -2.84. The number of carbonyl (C=O) groups excluding carboxylic acids is 2. The van der Waals surface area contributed by atoms with Crippen molar-refractivity contribution >= 4 is 34.8 Å². The first-order valence-corrected chi connectivity index (χ1v) is 8.22. The van der Waals surface area contributed by atoms with Gasteiger partial charge in [-0.05, 0) is 61.7 Å². The summed E-state index contributed by atoms with van der Waals surface area (Å²) in [7, 11) is 0. The number of nitrogens with one attached hydrogen (secondary N) is 2. The van der Waals surface area contributed by atoms with Crippen molar-refractivity contribution in [1.29, 1.82) is 5.26 Å². The van der Waals surface area contributed by atoms with Crippen LogP contribution < -0.4 is 10.6 Å². The summed E-state index contributed by atoms with van der Waals surface area (Å²) >= 11 is 5.97. The Morgan fingerprint density at radius 2 is 1.72 bits per heavy atom. The molecule has 2 amide bonds. The predicted molar refractivity (Wildman–Crippen MR) is 96.3 cm³/mol. The summed E-state index contributed by atoms with van der Waals surface area (Å²) < 4.78 is 0. The first-order chi connectivity index (χ1) is 11.9. The van der Waals surface area contributed by atoms with Gasteiger partial charge in [-0.2, -0.15) is 5.26 Å². The van der Waals surface area contributed by atoms with Crippen LogP contribution in [0.2, 0.25) is 5.02 Å². The van der Waals surface area contributed by atoms with Gasteiger partial charge in [-0.25, -0.2) is 0 Å². The molecule has 2 N–H and O–H groups in total. The zero-order chi connectivity index (χ0) is 18.0. The van der Waals surface area contributed by atoms with Crippen LogP contribution in [-0.4, -0.2) is 11.8 Å². The SMILES string of the molecule is Cc1ccc(Cl)cc1NC(=O)C1(C(=O)Nc2ccc(C#N)cc2)CC1. The number of amides is 2. The summed E-state index contributed by atoms with van der Waals surface area (Å²) in [6.45, 7) is 1.86. The highest BCUT2D eigenvalue weighted by atomic mass is 35.5. The van der Waals surface area contributed by atoms with Gasteiger partial charge in [-0.1, -0.05) is 17.7 Å². The predicted octanol–water partition coefficient (Wildman–Crippen LogP) is 3.88. The molecule has 0 atom stereocenters. The molecule has 0 unspecified atom stereocenters. The molecule has 1 aliphatic carbocycles. The molecular formula is C19H16ClN3O2. The van der Waals surface area contributed by atoms with E-state index in [1.165, 1.54) is 0 Å². The lowest BCUT2D eigenvalue weighted by molar-refractivity contribution is -0.131. The van der Waals surface area contributed by atoms with Crippen LogP contribution >= 0.6 is 11.6 Å². The van der Waals surface area contributed by atoms with Crippen molar-refractivity contribution in [3.8, 4) is 6.07 Å². The van der Waals surface area contributed by atoms with Gasteiger partial charge >= 0.3 is 0 Å². The molecule has 126 valence electrons. The molecule has 3 rings (SSSR count). The lowest BCUT2D eigenvalue weighted by atomic mass is 10.0. The third kappa shape index (κ3) is 3.49. The van der Waals surface area contributed by atoms with E-state index in [4.69, 9.17) is 16.9 Å². The average Bonchev–Trinajstić information content (AvgIpc) is 3.41. The largest absolute Gasteiger partial charge is 0.325 e. The first-order valence-electron chi connectivity index (χ1n) is 7.84. The van der Waals surface area contributed by atoms with Gasteiger partial charge in [0.1, 0.15) is 5.41 Å². The fourth-order valence-corrected chi connectivity index (χ4v) is 2.70. The maximum absolute atomic E-state index is 12.6. The van der Waals surface area contributed by atoms with Crippen molar-refractivity contribution < 1.29 is 9.59 Å². The fraction of sp³-hybridized carbons (Fsp3) is 0.211. The van der Waals surface area contributed by atoms with E-state index in [0.29, 0.717) is 34.8 Å². The Morgan fingerprint density at radius 1 is 1.08 bits per heavy atom. The Kier molecular flexibility index (Phi) is 4.47. The van der Waals surface area contributed by atoms with Gasteiger partial charge in [0, 0.05) is 16.4 Å². The molecule has 25 heavy (non-hydrogen) atoms. The maximum Gasteiger partial charge on any atom is 0.240 e. The molecule has 0 saturated heterocycles. The zero-order valence-corrected chi connectivity index (χ0v) is 14.4. The molecule has 0 radical (unpaired) electrons. The highest BCUT2D eigenvalue weighted by Gasteiger charge is 2.56. The van der Waals surface area contributed by atoms with Crippen LogP contribution in [0.4, 0.5) is 11.4 Å². The monoisotopic (exact) mass is 353 g/mol. The number of anilines is 2. The quantitative estimate of drug-likeness (QED) is 0.818. The molecule has 1 fully saturated rings. The van der Waals surface area contributed by atoms with Crippen molar-refractivity contribution in [2.24, 2.45) is 5.41 Å². The molecule has 0 heterocycles. The van der Waals surface area contributed by atoms with Gasteiger partial charge in [0.15, 0.2) is 0 Å². The molecule has 0 aromatic heterocycles. The highest BCUT2D eigenvalue weighted by Crippen LogP contribution is 2.47. The summed E-state index contributed by atoms with van der Waals surface area (Å²) in [4.78, 5) is 25.2. The zero-order valence-electron chi connectivity index (χ0n) is 13.6. The van der Waals surface area contributed by atoms with E-state index in [-0.39, 0.29) is 11.8 Å². The van der Waals surface area contributed by atoms with Crippen LogP contribution in [0.1, 0.15) is 24.0 Å². The maximum atomic E-state index is 12.6. The minimum absolute atomic E-state index is 0.330. The summed E-state index contributed by atoms with van der Waals surface area (Å²) in [5.41, 5.74) is 1.49. The number of hydrogen-bond donors (Lipinski definition) is 2. The summed E-state index contributed by atoms with van der Waals surface area (Å²) in [6, 6.07) is 13.8. The molecule has 2 aromatic carbocycles. The van der Waals surface area contributed by atoms with E-state index >= 15 is 0 Å². The molecule has 2 aromatic rings. The molecule has 5 nitrogen and oxygen atoms in total. The van der Waals surface area contributed by atoms with Gasteiger partial charge in [0.25, 0.3) is 0 Å². The smallest absolute Gasteiger partial charge is 0.240 e. The van der Waals surface area contributed by atoms with Crippen LogP contribution in [-0.2, 0) is 9.59 Å². The molecule has 1 saturated carbocycles. The number of nitrogens with zero attached hydrogens (tertiary/aromatic N) is 1. The Bertz CT molecular complexity index is 881. The molecular weight excluding hydrogens is 338 g/mol. The topological polar surface area (TPSA) is 82.0 Å². The molecule has 0 bridgehead atoms. The fourth-order valence-electron chi connectivity index (χ4n) is 2.53. The van der Waals surface area contributed by atoms with Gasteiger partial charge in [0.2, 0.25) is 11.8 Å². The standard InChI is InChI=1S/C19H16ClN3O2/c1-12-2-5-14(20)10-16(12)23-18(25)19(8-9-19)17(24)22-15-6-3-13(11-21)4-7-15/h2-7,10H,8-9H2,1H3,(H,22,24)(H,23,25). The van der Waals surface area contributed by atoms with Crippen LogP contribution in [0, 0.1) is 23.7 Å². The van der Waals surface area contributed by atoms with Gasteiger partial charge in [-0.15, -0.1) is 0 Å². The van der Waals surface area contributed by atoms with E-state index in [1.807, 2.05) is 19.1 Å². The average molecular weight is 354 g/mol. The third-order valence-corrected chi connectivity index (χ3v) is 4.57. The Balaban J connectivity index is 1.72. The number of hydrogen-bond acceptors (Lipinski definition) is 3. The van der Waals surface area contributed by atoms with Crippen molar-refractivity contribution in [2.75, 3.05) is 10.6 Å². The van der Waals surface area contributed by atoms with E-state index in [9.17, 15) is 9.59 Å². The first kappa shape index (κ1) is 17.0. The van der Waals surface area contributed by atoms with Gasteiger partial charge < -0.3 is 10.6 Å². The lowest BCUT2D eigenvalue weighted by Crippen LogP contribution is -2.35. The second kappa shape index (κ2) is 6.58. The van der Waals surface area contributed by atoms with Crippen molar-refractivity contribution in [3.05, 3.63) is 58.6 Å². The molecule has 0 aliphatic heterocycles. The lowest BCUT2D eigenvalue weighted by Gasteiger charge is -2.16. The van der Waals surface area contributed by atoms with Crippen LogP contribution in [0.3, 0.4) is 0 Å². The number of rotatable bonds is 4. The number of halogens is 1. The summed E-state index contributed by atoms with van der Waals surface area (Å²) in [5.74, 6) is -0.668. The number of carbonyl (C=O) groups is 2. The summed E-state index contributed by atoms with van der Waals surface area (Å²) in [5, 5.41) is 14.9. The number of aryl methyl sites for hydroxylation is 1. The van der Waals surface area contributed by atoms with Crippen LogP contribution in [0.5, 0.6) is 0 Å². The normalized spacial score (nSPS) is 14.3. The van der Waals surface area contributed by atoms with E-state index < -0.39 is 5.41 Å². The van der Waals surface area contributed by atoms with E-state index in [1.54, 1.807) is 36.4 Å². The second-order valence-electron chi connectivity index (χ2n) is 6.14. The van der Waals surface area contributed by atoms with Crippen molar-refractivity contribution in [3.63, 3.8) is 0 Å². The number of nitriles is 1. The van der Waals surface area contributed by atoms with Gasteiger partial charge in [-0.3, -0.25) is 9.59 Å². The van der Waals surface area contributed by atoms with E-state index in [0.717, 1.165) is 5.56 Å². The minimum Gasteiger partial charge on any atom is -0.325 e. The molecule has 0 spiro atoms. The Labute approximate surface area is 150 Å². The van der Waals surface area contributed by atoms with Crippen LogP contribution in [0.15, 0.2) is 42.5 Å². The third-order valence-electron chi connectivity index (χ3n) is 4.34. The Morgan fingerprint density at radius 3 is 2.32 bits per heavy atom. The minimum atomic E-state index is -1.05. The van der Waals surface area contributed by atoms with E-state index in [2.05, 4.69) is 10.6 Å². The highest BCUT2D eigenvalue weighted by molar-refractivity contribution is 6.31. The van der Waals surface area contributed by atoms with Crippen molar-refractivity contribution in [1.82, 2.24) is 0 Å². The second-order valence-corrected chi connectivity index (χ2v) is 6.58. The van der Waals surface area contributed by atoms with Crippen LogP contribution in [0.25, 0.3) is 0 Å². The summed E-state index contributed by atoms with van der Waals surface area (Å²) in [6.07, 6.45) is 1.00. The molecule has 1 aliphatic rings. The molecule has 6 heteroatoms. The van der Waals surface area contributed by atoms with Crippen molar-refractivity contribution in [2.45, 2.75) is 19.8 Å². The number of benzene rings is 2. The van der Waals surface area contributed by atoms with Gasteiger partial charge in [0.05, 0.1) is 11.6 Å².